The van der Waals surface area contributed by atoms with Gasteiger partial charge in [-0.2, -0.15) is 0 Å². The minimum Gasteiger partial charge on any atom is -0.497 e. The molecule has 1 aromatic heterocycles. The Morgan fingerprint density at radius 1 is 1.45 bits per heavy atom. The zero-order valence-electron chi connectivity index (χ0n) is 11.6. The van der Waals surface area contributed by atoms with Gasteiger partial charge in [0.1, 0.15) is 10.7 Å². The Hall–Kier alpha value is -1.72. The summed E-state index contributed by atoms with van der Waals surface area (Å²) in [6.45, 7) is 1.85. The van der Waals surface area contributed by atoms with E-state index >= 15 is 0 Å². The van der Waals surface area contributed by atoms with Gasteiger partial charge in [-0.1, -0.05) is 12.2 Å². The van der Waals surface area contributed by atoms with Crippen molar-refractivity contribution in [3.05, 3.63) is 35.0 Å². The molecule has 1 aliphatic heterocycles. The van der Waals surface area contributed by atoms with E-state index in [-0.39, 0.29) is 0 Å². The normalized spacial score (nSPS) is 15.1. The predicted octanol–water partition coefficient (Wildman–Crippen LogP) is 1.87. The Morgan fingerprint density at radius 3 is 2.95 bits per heavy atom. The van der Waals surface area contributed by atoms with Crippen LogP contribution in [0.3, 0.4) is 0 Å². The molecule has 0 saturated carbocycles. The number of methoxy groups -OCH3 is 1. The van der Waals surface area contributed by atoms with Crippen molar-refractivity contribution in [2.75, 3.05) is 20.7 Å². The van der Waals surface area contributed by atoms with E-state index in [2.05, 4.69) is 11.9 Å². The zero-order chi connectivity index (χ0) is 14.3. The van der Waals surface area contributed by atoms with Crippen molar-refractivity contribution < 1.29 is 4.74 Å². The van der Waals surface area contributed by atoms with Crippen molar-refractivity contribution in [2.45, 2.75) is 13.0 Å². The van der Waals surface area contributed by atoms with Gasteiger partial charge in [-0.15, -0.1) is 0 Å². The third kappa shape index (κ3) is 2.13. The molecule has 3 rings (SSSR count). The predicted molar refractivity (Wildman–Crippen MR) is 84.2 cm³/mol. The fourth-order valence-electron chi connectivity index (χ4n) is 2.76. The molecule has 2 N–H and O–H groups in total. The number of fused-ring (bicyclic) bond motifs is 2. The molecule has 2 heterocycles. The average molecular weight is 287 g/mol. The molecule has 0 aliphatic carbocycles. The first-order valence-electron chi connectivity index (χ1n) is 6.58. The molecular weight excluding hydrogens is 270 g/mol. The lowest BCUT2D eigenvalue weighted by molar-refractivity contribution is 0.310. The van der Waals surface area contributed by atoms with Crippen LogP contribution in [0.25, 0.3) is 10.9 Å². The second-order valence-corrected chi connectivity index (χ2v) is 5.59. The highest BCUT2D eigenvalue weighted by Crippen LogP contribution is 2.30. The summed E-state index contributed by atoms with van der Waals surface area (Å²) in [6.07, 6.45) is 0.934. The largest absolute Gasteiger partial charge is 0.497 e. The number of benzene rings is 1. The van der Waals surface area contributed by atoms with E-state index in [1.54, 1.807) is 7.11 Å². The molecule has 2 aromatic rings. The number of hydrogen-bond acceptors (Lipinski definition) is 4. The maximum atomic E-state index is 5.99. The van der Waals surface area contributed by atoms with Gasteiger partial charge >= 0.3 is 0 Å². The highest BCUT2D eigenvalue weighted by Gasteiger charge is 2.22. The van der Waals surface area contributed by atoms with Gasteiger partial charge in [-0.25, -0.2) is 0 Å². The highest BCUT2D eigenvalue weighted by molar-refractivity contribution is 7.80. The average Bonchev–Trinajstić information content (AvgIpc) is 2.43. The van der Waals surface area contributed by atoms with Crippen LogP contribution in [0.2, 0.25) is 0 Å². The van der Waals surface area contributed by atoms with Crippen LogP contribution in [0, 0.1) is 0 Å². The monoisotopic (exact) mass is 287 g/mol. The van der Waals surface area contributed by atoms with E-state index in [0.717, 1.165) is 53.0 Å². The van der Waals surface area contributed by atoms with Crippen LogP contribution < -0.4 is 10.5 Å². The molecule has 5 heteroatoms. The summed E-state index contributed by atoms with van der Waals surface area (Å²) in [5.74, 6) is 0.793. The fourth-order valence-corrected chi connectivity index (χ4v) is 3.00. The maximum absolute atomic E-state index is 5.99. The third-order valence-corrected chi connectivity index (χ3v) is 3.99. The van der Waals surface area contributed by atoms with E-state index in [9.17, 15) is 0 Å². The molecule has 0 amide bonds. The van der Waals surface area contributed by atoms with Gasteiger partial charge in [-0.05, 0) is 30.8 Å². The van der Waals surface area contributed by atoms with Gasteiger partial charge in [0.25, 0.3) is 0 Å². The first-order chi connectivity index (χ1) is 9.60. The molecular formula is C15H17N3OS. The molecule has 20 heavy (non-hydrogen) atoms. The molecule has 0 unspecified atom stereocenters. The molecule has 0 radical (unpaired) electrons. The van der Waals surface area contributed by atoms with Gasteiger partial charge in [-0.3, -0.25) is 4.98 Å². The molecule has 104 valence electrons. The lowest BCUT2D eigenvalue weighted by Gasteiger charge is -2.27. The Morgan fingerprint density at radius 2 is 2.25 bits per heavy atom. The van der Waals surface area contributed by atoms with Gasteiger partial charge < -0.3 is 15.4 Å². The molecule has 1 aromatic carbocycles. The van der Waals surface area contributed by atoms with Crippen LogP contribution in [0.1, 0.15) is 16.8 Å². The van der Waals surface area contributed by atoms with Gasteiger partial charge in [0.15, 0.2) is 0 Å². The zero-order valence-corrected chi connectivity index (χ0v) is 12.5. The Labute approximate surface area is 123 Å². The van der Waals surface area contributed by atoms with Crippen LogP contribution in [0.4, 0.5) is 0 Å². The van der Waals surface area contributed by atoms with Crippen LogP contribution in [0.5, 0.6) is 5.75 Å². The van der Waals surface area contributed by atoms with Gasteiger partial charge in [0.2, 0.25) is 0 Å². The standard InChI is InChI=1S/C15H17N3OS/c1-18-6-5-13-11(8-18)14(15(16)20)10-7-9(19-2)3-4-12(10)17-13/h3-4,7H,5-6,8H2,1-2H3,(H2,16,20). The lowest BCUT2D eigenvalue weighted by atomic mass is 9.96. The van der Waals surface area contributed by atoms with E-state index in [4.69, 9.17) is 27.7 Å². The van der Waals surface area contributed by atoms with Crippen LogP contribution in [-0.4, -0.2) is 35.6 Å². The number of thiocarbonyl (C=S) groups is 1. The Balaban J connectivity index is 2.34. The number of hydrogen-bond donors (Lipinski definition) is 1. The molecule has 0 spiro atoms. The number of nitrogens with two attached hydrogens (primary N) is 1. The number of rotatable bonds is 2. The van der Waals surface area contributed by atoms with Crippen molar-refractivity contribution in [3.8, 4) is 5.75 Å². The Bertz CT molecular complexity index is 699. The number of likely N-dealkylation sites (N-methyl/N-ethyl adjacent to an activating group) is 1. The van der Waals surface area contributed by atoms with Crippen molar-refractivity contribution in [1.29, 1.82) is 0 Å². The summed E-state index contributed by atoms with van der Waals surface area (Å²) in [5, 5.41) is 0.978. The van der Waals surface area contributed by atoms with Crippen LogP contribution in [0.15, 0.2) is 18.2 Å². The molecule has 0 bridgehead atoms. The highest BCUT2D eigenvalue weighted by atomic mass is 32.1. The van der Waals surface area contributed by atoms with Crippen LogP contribution >= 0.6 is 12.2 Å². The van der Waals surface area contributed by atoms with E-state index in [1.807, 2.05) is 18.2 Å². The molecule has 4 nitrogen and oxygen atoms in total. The molecule has 1 aliphatic rings. The van der Waals surface area contributed by atoms with Gasteiger partial charge in [0.05, 0.1) is 12.6 Å². The molecule has 0 saturated heterocycles. The van der Waals surface area contributed by atoms with Crippen LogP contribution in [-0.2, 0) is 13.0 Å². The summed E-state index contributed by atoms with van der Waals surface area (Å²) < 4.78 is 5.30. The van der Waals surface area contributed by atoms with Crippen molar-refractivity contribution in [3.63, 3.8) is 0 Å². The summed E-state index contributed by atoms with van der Waals surface area (Å²) in [5.41, 5.74) is 10.1. The summed E-state index contributed by atoms with van der Waals surface area (Å²) >= 11 is 5.28. The summed E-state index contributed by atoms with van der Waals surface area (Å²) in [4.78, 5) is 7.46. The summed E-state index contributed by atoms with van der Waals surface area (Å²) in [6, 6.07) is 5.85. The minimum atomic E-state index is 0.428. The topological polar surface area (TPSA) is 51.4 Å². The smallest absolute Gasteiger partial charge is 0.119 e. The quantitative estimate of drug-likeness (QED) is 0.855. The van der Waals surface area contributed by atoms with E-state index in [1.165, 1.54) is 0 Å². The van der Waals surface area contributed by atoms with Crippen molar-refractivity contribution >= 4 is 28.1 Å². The van der Waals surface area contributed by atoms with E-state index in [0.29, 0.717) is 4.99 Å². The summed E-state index contributed by atoms with van der Waals surface area (Å²) in [7, 11) is 3.75. The number of pyridine rings is 1. The second kappa shape index (κ2) is 5.00. The third-order valence-electron chi connectivity index (χ3n) is 3.78. The molecule has 0 atom stereocenters. The number of nitrogens with zero attached hydrogens (tertiary/aromatic N) is 2. The van der Waals surface area contributed by atoms with Crippen molar-refractivity contribution in [2.24, 2.45) is 5.73 Å². The lowest BCUT2D eigenvalue weighted by Crippen LogP contribution is -2.30. The maximum Gasteiger partial charge on any atom is 0.119 e. The van der Waals surface area contributed by atoms with Gasteiger partial charge in [0, 0.05) is 36.2 Å². The van der Waals surface area contributed by atoms with E-state index < -0.39 is 0 Å². The number of ether oxygens (including phenoxy) is 1. The SMILES string of the molecule is COc1ccc2nc3c(c(C(N)=S)c2c1)CN(C)CC3. The fraction of sp³-hybridized carbons (Fsp3) is 0.333. The first-order valence-corrected chi connectivity index (χ1v) is 6.99. The molecule has 0 fully saturated rings. The van der Waals surface area contributed by atoms with Crippen molar-refractivity contribution in [1.82, 2.24) is 9.88 Å². The minimum absolute atomic E-state index is 0.428. The number of aromatic nitrogens is 1. The Kier molecular flexibility index (Phi) is 3.31. The first kappa shape index (κ1) is 13.3. The second-order valence-electron chi connectivity index (χ2n) is 5.15.